The molecule has 1 aromatic rings. The summed E-state index contributed by atoms with van der Waals surface area (Å²) in [6.45, 7) is 4.65. The van der Waals surface area contributed by atoms with Gasteiger partial charge < -0.3 is 11.1 Å². The van der Waals surface area contributed by atoms with Crippen LogP contribution in [0.25, 0.3) is 0 Å². The second-order valence-corrected chi connectivity index (χ2v) is 4.27. The molecule has 0 spiro atoms. The Morgan fingerprint density at radius 1 is 1.35 bits per heavy atom. The van der Waals surface area contributed by atoms with E-state index in [1.165, 1.54) is 0 Å². The first-order chi connectivity index (χ1) is 7.79. The zero-order valence-electron chi connectivity index (χ0n) is 9.80. The van der Waals surface area contributed by atoms with Crippen LogP contribution in [0.2, 0.25) is 0 Å². The van der Waals surface area contributed by atoms with Crippen LogP contribution in [0.5, 0.6) is 0 Å². The average Bonchev–Trinajstić information content (AvgIpc) is 2.14. The van der Waals surface area contributed by atoms with E-state index >= 15 is 0 Å². The Kier molecular flexibility index (Phi) is 4.20. The summed E-state index contributed by atoms with van der Waals surface area (Å²) in [5.41, 5.74) is 4.56. The van der Waals surface area contributed by atoms with Crippen molar-refractivity contribution in [2.24, 2.45) is 5.92 Å². The first-order valence-corrected chi connectivity index (χ1v) is 5.37. The summed E-state index contributed by atoms with van der Waals surface area (Å²) in [6, 6.07) is 1.80. The molecule has 0 unspecified atom stereocenters. The fraction of sp³-hybridized carbons (Fsp3) is 0.545. The van der Waals surface area contributed by atoms with Gasteiger partial charge in [-0.2, -0.15) is 13.2 Å². The van der Waals surface area contributed by atoms with Crippen LogP contribution in [0.4, 0.5) is 24.8 Å². The Hall–Kier alpha value is -1.46. The third-order valence-corrected chi connectivity index (χ3v) is 2.20. The number of nitrogens with one attached hydrogen (secondary N) is 1. The normalized spacial score (nSPS) is 11.9. The summed E-state index contributed by atoms with van der Waals surface area (Å²) in [4.78, 5) is 3.81. The van der Waals surface area contributed by atoms with E-state index in [2.05, 4.69) is 10.3 Å². The summed E-state index contributed by atoms with van der Waals surface area (Å²) in [5.74, 6) is 0.510. The molecule has 3 N–H and O–H groups in total. The smallest absolute Gasteiger partial charge is 0.384 e. The number of halogens is 3. The predicted octanol–water partition coefficient (Wildman–Crippen LogP) is 3.14. The van der Waals surface area contributed by atoms with Gasteiger partial charge in [0.2, 0.25) is 0 Å². The van der Waals surface area contributed by atoms with Crippen LogP contribution in [-0.2, 0) is 6.18 Å². The van der Waals surface area contributed by atoms with Crippen LogP contribution in [0.3, 0.4) is 0 Å². The number of rotatable bonds is 4. The second kappa shape index (κ2) is 5.25. The SMILES string of the molecule is CC(C)CCNc1cc(C(F)(F)F)cc(N)n1. The van der Waals surface area contributed by atoms with E-state index in [0.717, 1.165) is 18.6 Å². The Morgan fingerprint density at radius 2 is 2.00 bits per heavy atom. The van der Waals surface area contributed by atoms with Gasteiger partial charge in [-0.05, 0) is 24.5 Å². The van der Waals surface area contributed by atoms with Crippen molar-refractivity contribution in [2.45, 2.75) is 26.4 Å². The fourth-order valence-corrected chi connectivity index (χ4v) is 1.30. The third-order valence-electron chi connectivity index (χ3n) is 2.20. The number of nitrogens with two attached hydrogens (primary N) is 1. The molecular weight excluding hydrogens is 231 g/mol. The lowest BCUT2D eigenvalue weighted by Gasteiger charge is -2.11. The lowest BCUT2D eigenvalue weighted by Crippen LogP contribution is -2.11. The van der Waals surface area contributed by atoms with E-state index in [0.29, 0.717) is 12.5 Å². The van der Waals surface area contributed by atoms with E-state index in [1.807, 2.05) is 13.8 Å². The van der Waals surface area contributed by atoms with Crippen molar-refractivity contribution < 1.29 is 13.2 Å². The summed E-state index contributed by atoms with van der Waals surface area (Å²) >= 11 is 0. The topological polar surface area (TPSA) is 50.9 Å². The molecule has 0 saturated carbocycles. The first kappa shape index (κ1) is 13.6. The molecule has 1 rings (SSSR count). The molecule has 0 aliphatic heterocycles. The van der Waals surface area contributed by atoms with Crippen molar-refractivity contribution in [1.29, 1.82) is 0 Å². The highest BCUT2D eigenvalue weighted by atomic mass is 19.4. The summed E-state index contributed by atoms with van der Waals surface area (Å²) in [7, 11) is 0. The minimum atomic E-state index is -4.40. The van der Waals surface area contributed by atoms with Crippen molar-refractivity contribution in [1.82, 2.24) is 4.98 Å². The molecule has 96 valence electrons. The van der Waals surface area contributed by atoms with Gasteiger partial charge in [0.1, 0.15) is 11.6 Å². The average molecular weight is 247 g/mol. The van der Waals surface area contributed by atoms with Crippen molar-refractivity contribution in [3.63, 3.8) is 0 Å². The Morgan fingerprint density at radius 3 is 2.53 bits per heavy atom. The predicted molar refractivity (Wildman–Crippen MR) is 61.6 cm³/mol. The monoisotopic (exact) mass is 247 g/mol. The largest absolute Gasteiger partial charge is 0.416 e. The zero-order valence-corrected chi connectivity index (χ0v) is 9.80. The van der Waals surface area contributed by atoms with E-state index in [9.17, 15) is 13.2 Å². The maximum Gasteiger partial charge on any atom is 0.416 e. The number of hydrogen-bond donors (Lipinski definition) is 2. The summed E-state index contributed by atoms with van der Waals surface area (Å²) < 4.78 is 37.5. The number of alkyl halides is 3. The van der Waals surface area contributed by atoms with E-state index in [4.69, 9.17) is 5.73 Å². The number of nitrogen functional groups attached to an aromatic ring is 1. The van der Waals surface area contributed by atoms with Crippen molar-refractivity contribution in [3.8, 4) is 0 Å². The van der Waals surface area contributed by atoms with Gasteiger partial charge in [0.25, 0.3) is 0 Å². The van der Waals surface area contributed by atoms with Gasteiger partial charge in [-0.1, -0.05) is 13.8 Å². The Bertz CT molecular complexity index is 375. The molecule has 0 saturated heterocycles. The van der Waals surface area contributed by atoms with Crippen LogP contribution in [0.1, 0.15) is 25.8 Å². The minimum Gasteiger partial charge on any atom is -0.384 e. The van der Waals surface area contributed by atoms with Crippen molar-refractivity contribution in [3.05, 3.63) is 17.7 Å². The highest BCUT2D eigenvalue weighted by Gasteiger charge is 2.31. The van der Waals surface area contributed by atoms with Crippen LogP contribution in [-0.4, -0.2) is 11.5 Å². The quantitative estimate of drug-likeness (QED) is 0.859. The molecular formula is C11H16F3N3. The second-order valence-electron chi connectivity index (χ2n) is 4.27. The molecule has 0 aliphatic carbocycles. The van der Waals surface area contributed by atoms with Crippen LogP contribution < -0.4 is 11.1 Å². The van der Waals surface area contributed by atoms with Crippen molar-refractivity contribution >= 4 is 11.6 Å². The summed E-state index contributed by atoms with van der Waals surface area (Å²) in [6.07, 6.45) is -3.54. The van der Waals surface area contributed by atoms with Crippen LogP contribution >= 0.6 is 0 Å². The number of aromatic nitrogens is 1. The molecule has 0 amide bonds. The molecule has 0 bridgehead atoms. The highest BCUT2D eigenvalue weighted by molar-refractivity contribution is 5.47. The molecule has 0 aliphatic rings. The standard InChI is InChI=1S/C11H16F3N3/c1-7(2)3-4-16-10-6-8(11(12,13)14)5-9(15)17-10/h5-7H,3-4H2,1-2H3,(H3,15,16,17). The zero-order chi connectivity index (χ0) is 13.1. The van der Waals surface area contributed by atoms with Gasteiger partial charge >= 0.3 is 6.18 Å². The molecule has 6 heteroatoms. The van der Waals surface area contributed by atoms with Crippen LogP contribution in [0.15, 0.2) is 12.1 Å². The minimum absolute atomic E-state index is 0.133. The van der Waals surface area contributed by atoms with Gasteiger partial charge in [0.05, 0.1) is 5.56 Å². The number of nitrogens with zero attached hydrogens (tertiary/aromatic N) is 1. The molecule has 1 heterocycles. The maximum absolute atomic E-state index is 12.5. The number of anilines is 2. The van der Waals surface area contributed by atoms with Gasteiger partial charge in [-0.25, -0.2) is 4.98 Å². The molecule has 0 radical (unpaired) electrons. The number of pyridine rings is 1. The van der Waals surface area contributed by atoms with Gasteiger partial charge in [-0.15, -0.1) is 0 Å². The highest BCUT2D eigenvalue weighted by Crippen LogP contribution is 2.31. The Labute approximate surface area is 98.2 Å². The van der Waals surface area contributed by atoms with Crippen LogP contribution in [0, 0.1) is 5.92 Å². The van der Waals surface area contributed by atoms with Gasteiger partial charge in [0.15, 0.2) is 0 Å². The fourth-order valence-electron chi connectivity index (χ4n) is 1.30. The molecule has 1 aromatic heterocycles. The van der Waals surface area contributed by atoms with Gasteiger partial charge in [-0.3, -0.25) is 0 Å². The lowest BCUT2D eigenvalue weighted by molar-refractivity contribution is -0.137. The molecule has 0 aromatic carbocycles. The lowest BCUT2D eigenvalue weighted by atomic mass is 10.1. The van der Waals surface area contributed by atoms with Gasteiger partial charge in [0, 0.05) is 6.54 Å². The number of hydrogen-bond acceptors (Lipinski definition) is 3. The summed E-state index contributed by atoms with van der Waals surface area (Å²) in [5, 5.41) is 2.84. The van der Waals surface area contributed by atoms with E-state index in [1.54, 1.807) is 0 Å². The molecule has 0 fully saturated rings. The van der Waals surface area contributed by atoms with Crippen molar-refractivity contribution in [2.75, 3.05) is 17.6 Å². The van der Waals surface area contributed by atoms with E-state index < -0.39 is 11.7 Å². The molecule has 3 nitrogen and oxygen atoms in total. The maximum atomic E-state index is 12.5. The molecule has 0 atom stereocenters. The van der Waals surface area contributed by atoms with E-state index in [-0.39, 0.29) is 11.6 Å². The Balaban J connectivity index is 2.76. The first-order valence-electron chi connectivity index (χ1n) is 5.37. The molecule has 17 heavy (non-hydrogen) atoms. The third kappa shape index (κ3) is 4.50.